The minimum Gasteiger partial charge on any atom is -0.395 e. The molecule has 0 aliphatic carbocycles. The maximum atomic E-state index is 10.5. The van der Waals surface area contributed by atoms with E-state index in [4.69, 9.17) is 5.11 Å². The number of hydrogen-bond donors (Lipinski definition) is 1. The molecule has 1 aromatic heterocycles. The Kier molecular flexibility index (Phi) is 5.37. The second-order valence-corrected chi connectivity index (χ2v) is 4.44. The minimum atomic E-state index is -0.371. The van der Waals surface area contributed by atoms with Crippen LogP contribution >= 0.6 is 11.3 Å². The molecule has 0 saturated carbocycles. The SMILES string of the molecule is CCCN(CCO)Cc1csc([N+](=O)[O-])c1. The van der Waals surface area contributed by atoms with Gasteiger partial charge in [0.15, 0.2) is 0 Å². The summed E-state index contributed by atoms with van der Waals surface area (Å²) >= 11 is 1.15. The number of aliphatic hydroxyl groups excluding tert-OH is 1. The lowest BCUT2D eigenvalue weighted by Crippen LogP contribution is -2.27. The van der Waals surface area contributed by atoms with E-state index in [2.05, 4.69) is 11.8 Å². The highest BCUT2D eigenvalue weighted by molar-refractivity contribution is 7.13. The van der Waals surface area contributed by atoms with E-state index in [0.29, 0.717) is 13.1 Å². The average molecular weight is 244 g/mol. The third-order valence-electron chi connectivity index (χ3n) is 2.18. The Morgan fingerprint density at radius 1 is 1.56 bits per heavy atom. The van der Waals surface area contributed by atoms with E-state index in [0.717, 1.165) is 29.9 Å². The van der Waals surface area contributed by atoms with Crippen molar-refractivity contribution in [3.8, 4) is 0 Å². The summed E-state index contributed by atoms with van der Waals surface area (Å²) in [6.45, 7) is 4.35. The molecule has 1 rings (SSSR count). The van der Waals surface area contributed by atoms with Crippen molar-refractivity contribution in [3.05, 3.63) is 27.1 Å². The molecule has 1 heterocycles. The van der Waals surface area contributed by atoms with Crippen LogP contribution in [0.4, 0.5) is 5.00 Å². The molecule has 90 valence electrons. The first-order valence-corrected chi connectivity index (χ1v) is 6.10. The van der Waals surface area contributed by atoms with Crippen molar-refractivity contribution in [2.24, 2.45) is 0 Å². The summed E-state index contributed by atoms with van der Waals surface area (Å²) in [7, 11) is 0. The lowest BCUT2D eigenvalue weighted by Gasteiger charge is -2.19. The van der Waals surface area contributed by atoms with Crippen LogP contribution in [0.25, 0.3) is 0 Å². The van der Waals surface area contributed by atoms with E-state index in [1.807, 2.05) is 0 Å². The van der Waals surface area contributed by atoms with Crippen molar-refractivity contribution >= 4 is 16.3 Å². The number of hydrogen-bond acceptors (Lipinski definition) is 5. The molecule has 6 heteroatoms. The van der Waals surface area contributed by atoms with Crippen molar-refractivity contribution in [2.45, 2.75) is 19.9 Å². The fraction of sp³-hybridized carbons (Fsp3) is 0.600. The Hall–Kier alpha value is -0.980. The van der Waals surface area contributed by atoms with Crippen molar-refractivity contribution in [2.75, 3.05) is 19.7 Å². The minimum absolute atomic E-state index is 0.117. The summed E-state index contributed by atoms with van der Waals surface area (Å²) in [4.78, 5) is 12.2. The van der Waals surface area contributed by atoms with Gasteiger partial charge in [-0.3, -0.25) is 15.0 Å². The molecule has 5 nitrogen and oxygen atoms in total. The molecule has 0 radical (unpaired) electrons. The fourth-order valence-electron chi connectivity index (χ4n) is 1.53. The fourth-order valence-corrected chi connectivity index (χ4v) is 2.25. The molecule has 0 unspecified atom stereocenters. The van der Waals surface area contributed by atoms with Gasteiger partial charge in [-0.2, -0.15) is 0 Å². The van der Waals surface area contributed by atoms with Crippen molar-refractivity contribution in [3.63, 3.8) is 0 Å². The second-order valence-electron chi connectivity index (χ2n) is 3.55. The summed E-state index contributed by atoms with van der Waals surface area (Å²) in [6.07, 6.45) is 1.01. The van der Waals surface area contributed by atoms with E-state index in [-0.39, 0.29) is 16.5 Å². The van der Waals surface area contributed by atoms with Crippen LogP contribution in [0.1, 0.15) is 18.9 Å². The van der Waals surface area contributed by atoms with Crippen LogP contribution in [0.2, 0.25) is 0 Å². The Balaban J connectivity index is 2.58. The molecule has 0 aromatic carbocycles. The maximum Gasteiger partial charge on any atom is 0.324 e. The highest BCUT2D eigenvalue weighted by atomic mass is 32.1. The molecule has 16 heavy (non-hydrogen) atoms. The highest BCUT2D eigenvalue weighted by Crippen LogP contribution is 2.23. The molecule has 0 atom stereocenters. The summed E-state index contributed by atoms with van der Waals surface area (Å²) in [6, 6.07) is 1.60. The van der Waals surface area contributed by atoms with Crippen LogP contribution in [0, 0.1) is 10.1 Å². The standard InChI is InChI=1S/C10H16N2O3S/c1-2-3-11(4-5-13)7-9-6-10(12(14)15)16-8-9/h6,8,13H,2-5,7H2,1H3. The van der Waals surface area contributed by atoms with Crippen LogP contribution in [0.15, 0.2) is 11.4 Å². The number of aliphatic hydroxyl groups is 1. The van der Waals surface area contributed by atoms with E-state index in [1.165, 1.54) is 0 Å². The summed E-state index contributed by atoms with van der Waals surface area (Å²) in [5.74, 6) is 0. The van der Waals surface area contributed by atoms with Crippen molar-refractivity contribution < 1.29 is 10.0 Å². The molecule has 0 amide bonds. The van der Waals surface area contributed by atoms with Gasteiger partial charge in [0.05, 0.1) is 11.5 Å². The van der Waals surface area contributed by atoms with Gasteiger partial charge in [-0.15, -0.1) is 0 Å². The van der Waals surface area contributed by atoms with Gasteiger partial charge in [0.25, 0.3) is 0 Å². The van der Waals surface area contributed by atoms with Gasteiger partial charge in [-0.05, 0) is 18.5 Å². The van der Waals surface area contributed by atoms with Crippen LogP contribution in [0.5, 0.6) is 0 Å². The van der Waals surface area contributed by atoms with Gasteiger partial charge in [0.1, 0.15) is 0 Å². The Bertz CT molecular complexity index is 335. The number of nitrogens with zero attached hydrogens (tertiary/aromatic N) is 2. The van der Waals surface area contributed by atoms with Gasteiger partial charge < -0.3 is 5.11 Å². The first kappa shape index (κ1) is 13.1. The topological polar surface area (TPSA) is 66.6 Å². The first-order chi connectivity index (χ1) is 7.67. The van der Waals surface area contributed by atoms with Crippen LogP contribution in [0.3, 0.4) is 0 Å². The van der Waals surface area contributed by atoms with Gasteiger partial charge >= 0.3 is 5.00 Å². The first-order valence-electron chi connectivity index (χ1n) is 5.22. The molecule has 1 aromatic rings. The molecule has 0 saturated heterocycles. The molecular weight excluding hydrogens is 228 g/mol. The summed E-state index contributed by atoms with van der Waals surface area (Å²) in [5.41, 5.74) is 0.943. The van der Waals surface area contributed by atoms with E-state index < -0.39 is 0 Å². The normalized spacial score (nSPS) is 10.9. The predicted octanol–water partition coefficient (Wildman–Crippen LogP) is 1.86. The van der Waals surface area contributed by atoms with Gasteiger partial charge in [-0.1, -0.05) is 18.3 Å². The van der Waals surface area contributed by atoms with Crippen LogP contribution in [-0.4, -0.2) is 34.6 Å². The van der Waals surface area contributed by atoms with Gasteiger partial charge in [0.2, 0.25) is 0 Å². The Morgan fingerprint density at radius 3 is 2.81 bits per heavy atom. The Labute approximate surface area is 98.5 Å². The van der Waals surface area contributed by atoms with Crippen molar-refractivity contribution in [1.82, 2.24) is 4.90 Å². The smallest absolute Gasteiger partial charge is 0.324 e. The van der Waals surface area contributed by atoms with Crippen molar-refractivity contribution in [1.29, 1.82) is 0 Å². The molecule has 0 spiro atoms. The lowest BCUT2D eigenvalue weighted by molar-refractivity contribution is -0.380. The zero-order valence-electron chi connectivity index (χ0n) is 9.26. The van der Waals surface area contributed by atoms with Crippen LogP contribution < -0.4 is 0 Å². The van der Waals surface area contributed by atoms with E-state index in [1.54, 1.807) is 11.4 Å². The quantitative estimate of drug-likeness (QED) is 0.587. The zero-order valence-corrected chi connectivity index (χ0v) is 10.1. The number of nitro groups is 1. The number of thiophene rings is 1. The molecule has 0 bridgehead atoms. The molecule has 0 aliphatic rings. The van der Waals surface area contributed by atoms with Gasteiger partial charge in [-0.25, -0.2) is 0 Å². The second kappa shape index (κ2) is 6.57. The predicted molar refractivity (Wildman–Crippen MR) is 63.6 cm³/mol. The largest absolute Gasteiger partial charge is 0.395 e. The van der Waals surface area contributed by atoms with E-state index in [9.17, 15) is 10.1 Å². The highest BCUT2D eigenvalue weighted by Gasteiger charge is 2.11. The zero-order chi connectivity index (χ0) is 12.0. The Morgan fingerprint density at radius 2 is 2.31 bits per heavy atom. The summed E-state index contributed by atoms with van der Waals surface area (Å²) in [5, 5.41) is 21.4. The van der Waals surface area contributed by atoms with E-state index >= 15 is 0 Å². The third kappa shape index (κ3) is 3.88. The third-order valence-corrected chi connectivity index (χ3v) is 3.11. The molecule has 1 N–H and O–H groups in total. The molecular formula is C10H16N2O3S. The summed E-state index contributed by atoms with van der Waals surface area (Å²) < 4.78 is 0. The number of rotatable bonds is 7. The van der Waals surface area contributed by atoms with Crippen LogP contribution in [-0.2, 0) is 6.54 Å². The van der Waals surface area contributed by atoms with Gasteiger partial charge in [0, 0.05) is 24.5 Å². The molecule has 0 aliphatic heterocycles. The lowest BCUT2D eigenvalue weighted by atomic mass is 10.3. The average Bonchev–Trinajstić information content (AvgIpc) is 2.67. The maximum absolute atomic E-state index is 10.5. The molecule has 0 fully saturated rings. The monoisotopic (exact) mass is 244 g/mol.